The number of carbonyl (C=O) groups is 1. The summed E-state index contributed by atoms with van der Waals surface area (Å²) < 4.78 is 14.8. The number of carboxylic acids is 1. The summed E-state index contributed by atoms with van der Waals surface area (Å²) in [6, 6.07) is 0.939. The van der Waals surface area contributed by atoms with Gasteiger partial charge in [-0.15, -0.1) is 0 Å². The van der Waals surface area contributed by atoms with Crippen molar-refractivity contribution in [3.8, 4) is 0 Å². The molecular weight excluding hydrogens is 331 g/mol. The van der Waals surface area contributed by atoms with E-state index in [1.807, 2.05) is 0 Å². The highest BCUT2D eigenvalue weighted by atomic mass is 19.1. The van der Waals surface area contributed by atoms with Gasteiger partial charge in [-0.05, 0) is 56.9 Å². The molecule has 5 heteroatoms. The molecule has 0 aromatic carbocycles. The Labute approximate surface area is 156 Å². The Morgan fingerprint density at radius 2 is 1.85 bits per heavy atom. The molecule has 2 saturated heterocycles. The lowest BCUT2D eigenvalue weighted by atomic mass is 9.75. The quantitative estimate of drug-likeness (QED) is 0.781. The van der Waals surface area contributed by atoms with Gasteiger partial charge in [0.15, 0.2) is 0 Å². The number of piperidine rings is 2. The SMILES string of the molecule is O=C(O)C1CC(N2CCC3NC(CCC4CCCCC4)C(F)CC3C2)C1. The number of alkyl halides is 1. The Morgan fingerprint density at radius 1 is 1.08 bits per heavy atom. The van der Waals surface area contributed by atoms with E-state index in [0.29, 0.717) is 24.4 Å². The minimum absolute atomic E-state index is 0.0600. The Kier molecular flexibility index (Phi) is 5.84. The van der Waals surface area contributed by atoms with Crippen LogP contribution < -0.4 is 5.32 Å². The number of aliphatic carboxylic acids is 1. The van der Waals surface area contributed by atoms with Crippen molar-refractivity contribution in [3.63, 3.8) is 0 Å². The number of nitrogens with one attached hydrogen (secondary N) is 1. The van der Waals surface area contributed by atoms with E-state index in [4.69, 9.17) is 5.11 Å². The molecule has 2 N–H and O–H groups in total. The highest BCUT2D eigenvalue weighted by Crippen LogP contribution is 2.38. The van der Waals surface area contributed by atoms with Gasteiger partial charge in [0.2, 0.25) is 0 Å². The first-order chi connectivity index (χ1) is 12.6. The van der Waals surface area contributed by atoms with Crippen LogP contribution in [-0.2, 0) is 4.79 Å². The van der Waals surface area contributed by atoms with Crippen molar-refractivity contribution in [2.24, 2.45) is 17.8 Å². The van der Waals surface area contributed by atoms with Crippen molar-refractivity contribution in [3.05, 3.63) is 0 Å². The first kappa shape index (κ1) is 18.7. The van der Waals surface area contributed by atoms with E-state index in [1.165, 1.54) is 38.5 Å². The van der Waals surface area contributed by atoms with E-state index in [2.05, 4.69) is 10.2 Å². The van der Waals surface area contributed by atoms with Crippen LogP contribution in [0.1, 0.15) is 70.6 Å². The molecule has 0 radical (unpaired) electrons. The number of hydrogen-bond acceptors (Lipinski definition) is 3. The zero-order valence-corrected chi connectivity index (χ0v) is 15.9. The minimum atomic E-state index is -0.715. The zero-order chi connectivity index (χ0) is 18.1. The van der Waals surface area contributed by atoms with Crippen LogP contribution in [0, 0.1) is 17.8 Å². The van der Waals surface area contributed by atoms with Gasteiger partial charge >= 0.3 is 5.97 Å². The summed E-state index contributed by atoms with van der Waals surface area (Å²) in [4.78, 5) is 13.5. The fourth-order valence-corrected chi connectivity index (χ4v) is 5.93. The predicted molar refractivity (Wildman–Crippen MR) is 99.9 cm³/mol. The topological polar surface area (TPSA) is 52.6 Å². The molecule has 2 aliphatic heterocycles. The number of halogens is 1. The minimum Gasteiger partial charge on any atom is -0.481 e. The maximum atomic E-state index is 14.8. The molecule has 2 aliphatic carbocycles. The lowest BCUT2D eigenvalue weighted by Crippen LogP contribution is -2.61. The third-order valence-electron chi connectivity index (χ3n) is 7.75. The van der Waals surface area contributed by atoms with Crippen LogP contribution in [0.4, 0.5) is 4.39 Å². The largest absolute Gasteiger partial charge is 0.481 e. The van der Waals surface area contributed by atoms with E-state index in [0.717, 1.165) is 44.7 Å². The number of nitrogens with zero attached hydrogens (tertiary/aromatic N) is 1. The number of rotatable bonds is 5. The summed E-state index contributed by atoms with van der Waals surface area (Å²) >= 11 is 0. The monoisotopic (exact) mass is 366 g/mol. The number of likely N-dealkylation sites (tertiary alicyclic amines) is 1. The van der Waals surface area contributed by atoms with Crippen LogP contribution in [0.25, 0.3) is 0 Å². The average Bonchev–Trinajstić information content (AvgIpc) is 2.59. The van der Waals surface area contributed by atoms with Gasteiger partial charge in [-0.3, -0.25) is 9.69 Å². The van der Waals surface area contributed by atoms with E-state index < -0.39 is 12.1 Å². The Balaban J connectivity index is 1.23. The van der Waals surface area contributed by atoms with E-state index in [9.17, 15) is 9.18 Å². The average molecular weight is 367 g/mol. The maximum Gasteiger partial charge on any atom is 0.306 e. The Hall–Kier alpha value is -0.680. The molecule has 26 heavy (non-hydrogen) atoms. The van der Waals surface area contributed by atoms with Crippen molar-refractivity contribution in [2.45, 2.75) is 94.9 Å². The van der Waals surface area contributed by atoms with Crippen molar-refractivity contribution in [1.29, 1.82) is 0 Å². The van der Waals surface area contributed by atoms with Crippen molar-refractivity contribution >= 4 is 5.97 Å². The predicted octanol–water partition coefficient (Wildman–Crippen LogP) is 3.60. The van der Waals surface area contributed by atoms with Crippen molar-refractivity contribution in [2.75, 3.05) is 13.1 Å². The molecule has 0 aromatic heterocycles. The molecule has 148 valence electrons. The lowest BCUT2D eigenvalue weighted by Gasteiger charge is -2.50. The molecule has 4 nitrogen and oxygen atoms in total. The Bertz CT molecular complexity index is 490. The standard InChI is InChI=1S/C21H35FN2O2/c22-18-12-16-13-24(17-10-15(11-17)21(25)26)9-8-19(16)23-20(18)7-6-14-4-2-1-3-5-14/h14-20,23H,1-13H2,(H,25,26). The summed E-state index contributed by atoms with van der Waals surface area (Å²) in [7, 11) is 0. The van der Waals surface area contributed by atoms with Gasteiger partial charge in [-0.25, -0.2) is 4.39 Å². The molecule has 2 saturated carbocycles. The second kappa shape index (κ2) is 8.14. The highest BCUT2D eigenvalue weighted by molar-refractivity contribution is 5.71. The number of fused-ring (bicyclic) bond motifs is 1. The molecule has 4 rings (SSSR count). The molecule has 0 spiro atoms. The zero-order valence-electron chi connectivity index (χ0n) is 15.9. The van der Waals surface area contributed by atoms with Gasteiger partial charge in [0, 0.05) is 24.7 Å². The first-order valence-electron chi connectivity index (χ1n) is 11.0. The third kappa shape index (κ3) is 4.09. The first-order valence-corrected chi connectivity index (χ1v) is 11.0. The summed E-state index contributed by atoms with van der Waals surface area (Å²) in [6.45, 7) is 1.99. The number of carboxylic acid groups (broad SMARTS) is 1. The molecule has 0 bridgehead atoms. The molecule has 0 aromatic rings. The molecule has 4 fully saturated rings. The summed E-state index contributed by atoms with van der Waals surface area (Å²) in [5.74, 6) is 0.423. The molecule has 2 heterocycles. The van der Waals surface area contributed by atoms with E-state index in [1.54, 1.807) is 0 Å². The van der Waals surface area contributed by atoms with Crippen LogP contribution in [0.2, 0.25) is 0 Å². The van der Waals surface area contributed by atoms with E-state index >= 15 is 0 Å². The van der Waals surface area contributed by atoms with Crippen LogP contribution in [0.5, 0.6) is 0 Å². The fraction of sp³-hybridized carbons (Fsp3) is 0.952. The van der Waals surface area contributed by atoms with Crippen LogP contribution in [0.15, 0.2) is 0 Å². The van der Waals surface area contributed by atoms with Crippen LogP contribution >= 0.6 is 0 Å². The van der Waals surface area contributed by atoms with Crippen molar-refractivity contribution < 1.29 is 14.3 Å². The van der Waals surface area contributed by atoms with Crippen LogP contribution in [-0.4, -0.2) is 53.4 Å². The molecule has 4 aliphatic rings. The normalized spacial score (nSPS) is 42.0. The fourth-order valence-electron chi connectivity index (χ4n) is 5.93. The number of hydrogen-bond donors (Lipinski definition) is 2. The third-order valence-corrected chi connectivity index (χ3v) is 7.75. The Morgan fingerprint density at radius 3 is 2.58 bits per heavy atom. The second-order valence-corrected chi connectivity index (χ2v) is 9.42. The van der Waals surface area contributed by atoms with Gasteiger partial charge in [-0.1, -0.05) is 32.1 Å². The summed E-state index contributed by atoms with van der Waals surface area (Å²) in [5, 5.41) is 12.7. The molecule has 4 unspecified atom stereocenters. The van der Waals surface area contributed by atoms with Gasteiger partial charge in [0.05, 0.1) is 5.92 Å². The molecular formula is C21H35FN2O2. The smallest absolute Gasteiger partial charge is 0.306 e. The highest BCUT2D eigenvalue weighted by Gasteiger charge is 2.44. The van der Waals surface area contributed by atoms with E-state index in [-0.39, 0.29) is 12.0 Å². The van der Waals surface area contributed by atoms with Gasteiger partial charge in [0.1, 0.15) is 6.17 Å². The van der Waals surface area contributed by atoms with Gasteiger partial charge < -0.3 is 10.4 Å². The molecule has 0 amide bonds. The molecule has 4 atom stereocenters. The second-order valence-electron chi connectivity index (χ2n) is 9.42. The van der Waals surface area contributed by atoms with Crippen molar-refractivity contribution in [1.82, 2.24) is 10.2 Å². The summed E-state index contributed by atoms with van der Waals surface area (Å²) in [6.07, 6.45) is 11.6. The lowest BCUT2D eigenvalue weighted by molar-refractivity contribution is -0.147. The van der Waals surface area contributed by atoms with Gasteiger partial charge in [-0.2, -0.15) is 0 Å². The van der Waals surface area contributed by atoms with Gasteiger partial charge in [0.25, 0.3) is 0 Å². The summed E-state index contributed by atoms with van der Waals surface area (Å²) in [5.41, 5.74) is 0. The van der Waals surface area contributed by atoms with Crippen LogP contribution in [0.3, 0.4) is 0 Å². The maximum absolute atomic E-state index is 14.8.